The second-order valence-electron chi connectivity index (χ2n) is 2.23. The van der Waals surface area contributed by atoms with Gasteiger partial charge in [-0.15, -0.1) is 0 Å². The first-order valence-electron chi connectivity index (χ1n) is 3.22. The van der Waals surface area contributed by atoms with E-state index in [1.54, 1.807) is 13.8 Å². The SMILES string of the molecule is CC(C)C(=O)OCCC#N. The van der Waals surface area contributed by atoms with Gasteiger partial charge in [-0.05, 0) is 0 Å². The van der Waals surface area contributed by atoms with E-state index in [1.807, 2.05) is 6.07 Å². The maximum absolute atomic E-state index is 10.7. The second-order valence-corrected chi connectivity index (χ2v) is 2.23. The molecular formula is C7H11NO2. The molecule has 0 amide bonds. The third kappa shape index (κ3) is 3.90. The largest absolute Gasteiger partial charge is 0.464 e. The minimum absolute atomic E-state index is 0.0984. The Labute approximate surface area is 60.6 Å². The number of rotatable bonds is 3. The fourth-order valence-electron chi connectivity index (χ4n) is 0.364. The lowest BCUT2D eigenvalue weighted by molar-refractivity contribution is -0.147. The van der Waals surface area contributed by atoms with Crippen LogP contribution in [0, 0.1) is 17.2 Å². The summed E-state index contributed by atoms with van der Waals surface area (Å²) in [5.74, 6) is -0.339. The first kappa shape index (κ1) is 8.96. The molecule has 0 aromatic rings. The number of esters is 1. The molecule has 0 aliphatic carbocycles. The molecule has 0 heterocycles. The highest BCUT2D eigenvalue weighted by atomic mass is 16.5. The second kappa shape index (κ2) is 4.80. The number of ether oxygens (including phenoxy) is 1. The van der Waals surface area contributed by atoms with Crippen molar-refractivity contribution < 1.29 is 9.53 Å². The minimum Gasteiger partial charge on any atom is -0.464 e. The van der Waals surface area contributed by atoms with Gasteiger partial charge >= 0.3 is 5.97 Å². The molecular weight excluding hydrogens is 130 g/mol. The third-order valence-electron chi connectivity index (χ3n) is 0.930. The number of nitrogens with zero attached hydrogens (tertiary/aromatic N) is 1. The van der Waals surface area contributed by atoms with E-state index in [0.717, 1.165) is 0 Å². The van der Waals surface area contributed by atoms with E-state index in [-0.39, 0.29) is 24.9 Å². The third-order valence-corrected chi connectivity index (χ3v) is 0.930. The van der Waals surface area contributed by atoms with Crippen LogP contribution in [0.3, 0.4) is 0 Å². The van der Waals surface area contributed by atoms with E-state index >= 15 is 0 Å². The molecule has 0 aliphatic heterocycles. The normalized spacial score (nSPS) is 9.00. The summed E-state index contributed by atoms with van der Waals surface area (Å²) in [5.41, 5.74) is 0. The van der Waals surface area contributed by atoms with Gasteiger partial charge in [0.15, 0.2) is 0 Å². The summed E-state index contributed by atoms with van der Waals surface area (Å²) >= 11 is 0. The average molecular weight is 141 g/mol. The minimum atomic E-state index is -0.241. The fraction of sp³-hybridized carbons (Fsp3) is 0.714. The molecule has 10 heavy (non-hydrogen) atoms. The van der Waals surface area contributed by atoms with Crippen molar-refractivity contribution in [2.45, 2.75) is 20.3 Å². The molecule has 0 bridgehead atoms. The van der Waals surface area contributed by atoms with Gasteiger partial charge in [0.2, 0.25) is 0 Å². The highest BCUT2D eigenvalue weighted by Crippen LogP contribution is 1.95. The number of nitriles is 1. The number of hydrogen-bond donors (Lipinski definition) is 0. The maximum atomic E-state index is 10.7. The van der Waals surface area contributed by atoms with Crippen LogP contribution in [-0.2, 0) is 9.53 Å². The van der Waals surface area contributed by atoms with Gasteiger partial charge in [-0.25, -0.2) is 0 Å². The molecule has 0 aromatic heterocycles. The number of hydrogen-bond acceptors (Lipinski definition) is 3. The zero-order valence-electron chi connectivity index (χ0n) is 6.26. The highest BCUT2D eigenvalue weighted by molar-refractivity contribution is 5.71. The summed E-state index contributed by atoms with van der Waals surface area (Å²) < 4.78 is 4.68. The fourth-order valence-corrected chi connectivity index (χ4v) is 0.364. The van der Waals surface area contributed by atoms with Gasteiger partial charge in [-0.1, -0.05) is 13.8 Å². The maximum Gasteiger partial charge on any atom is 0.308 e. The van der Waals surface area contributed by atoms with Crippen molar-refractivity contribution in [2.24, 2.45) is 5.92 Å². The van der Waals surface area contributed by atoms with Crippen LogP contribution in [0.25, 0.3) is 0 Å². The Morgan fingerprint density at radius 1 is 1.70 bits per heavy atom. The van der Waals surface area contributed by atoms with E-state index in [9.17, 15) is 4.79 Å². The van der Waals surface area contributed by atoms with Crippen LogP contribution in [0.2, 0.25) is 0 Å². The molecule has 0 aliphatic rings. The average Bonchev–Trinajstić information content (AvgIpc) is 1.88. The van der Waals surface area contributed by atoms with Gasteiger partial charge in [0.25, 0.3) is 0 Å². The Bertz CT molecular complexity index is 146. The Kier molecular flexibility index (Phi) is 4.30. The first-order valence-corrected chi connectivity index (χ1v) is 3.22. The summed E-state index contributed by atoms with van der Waals surface area (Å²) in [6.07, 6.45) is 0.276. The molecule has 0 aromatic carbocycles. The van der Waals surface area contributed by atoms with Crippen molar-refractivity contribution in [3.8, 4) is 6.07 Å². The summed E-state index contributed by atoms with van der Waals surface area (Å²) in [6.45, 7) is 3.73. The molecule has 3 nitrogen and oxygen atoms in total. The molecule has 0 fully saturated rings. The Balaban J connectivity index is 3.33. The van der Waals surface area contributed by atoms with Gasteiger partial charge in [0, 0.05) is 0 Å². The summed E-state index contributed by atoms with van der Waals surface area (Å²) in [6, 6.07) is 1.88. The van der Waals surface area contributed by atoms with Gasteiger partial charge in [-0.2, -0.15) is 5.26 Å². The molecule has 0 N–H and O–H groups in total. The predicted octanol–water partition coefficient (Wildman–Crippen LogP) is 1.10. The smallest absolute Gasteiger partial charge is 0.308 e. The lowest BCUT2D eigenvalue weighted by atomic mass is 10.2. The van der Waals surface area contributed by atoms with Crippen LogP contribution in [0.4, 0.5) is 0 Å². The van der Waals surface area contributed by atoms with Crippen LogP contribution in [0.1, 0.15) is 20.3 Å². The van der Waals surface area contributed by atoms with Crippen LogP contribution in [-0.4, -0.2) is 12.6 Å². The lowest BCUT2D eigenvalue weighted by Crippen LogP contribution is -2.11. The molecule has 0 spiro atoms. The van der Waals surface area contributed by atoms with Gasteiger partial charge in [0.1, 0.15) is 6.61 Å². The van der Waals surface area contributed by atoms with Gasteiger partial charge in [0.05, 0.1) is 18.4 Å². The van der Waals surface area contributed by atoms with Crippen LogP contribution in [0.15, 0.2) is 0 Å². The van der Waals surface area contributed by atoms with E-state index in [2.05, 4.69) is 4.74 Å². The van der Waals surface area contributed by atoms with Gasteiger partial charge < -0.3 is 4.74 Å². The Morgan fingerprint density at radius 2 is 2.30 bits per heavy atom. The number of carbonyl (C=O) groups excluding carboxylic acids is 1. The van der Waals surface area contributed by atoms with E-state index in [0.29, 0.717) is 0 Å². The zero-order chi connectivity index (χ0) is 7.98. The Hall–Kier alpha value is -1.04. The predicted molar refractivity (Wildman–Crippen MR) is 36.0 cm³/mol. The summed E-state index contributed by atoms with van der Waals surface area (Å²) in [5, 5.41) is 8.08. The van der Waals surface area contributed by atoms with Crippen LogP contribution >= 0.6 is 0 Å². The summed E-state index contributed by atoms with van der Waals surface area (Å²) in [7, 11) is 0. The van der Waals surface area contributed by atoms with Crippen molar-refractivity contribution in [1.29, 1.82) is 5.26 Å². The van der Waals surface area contributed by atoms with E-state index < -0.39 is 0 Å². The van der Waals surface area contributed by atoms with E-state index in [4.69, 9.17) is 5.26 Å². The van der Waals surface area contributed by atoms with Crippen molar-refractivity contribution in [3.05, 3.63) is 0 Å². The van der Waals surface area contributed by atoms with Gasteiger partial charge in [-0.3, -0.25) is 4.79 Å². The molecule has 0 unspecified atom stereocenters. The standard InChI is InChI=1S/C7H11NO2/c1-6(2)7(9)10-5-3-4-8/h6H,3,5H2,1-2H3. The Morgan fingerprint density at radius 3 is 2.70 bits per heavy atom. The van der Waals surface area contributed by atoms with Crippen molar-refractivity contribution in [3.63, 3.8) is 0 Å². The van der Waals surface area contributed by atoms with E-state index in [1.165, 1.54) is 0 Å². The zero-order valence-corrected chi connectivity index (χ0v) is 6.26. The van der Waals surface area contributed by atoms with Crippen LogP contribution < -0.4 is 0 Å². The number of carbonyl (C=O) groups is 1. The molecule has 56 valence electrons. The quantitative estimate of drug-likeness (QED) is 0.436. The molecule has 0 rings (SSSR count). The van der Waals surface area contributed by atoms with Crippen molar-refractivity contribution in [1.82, 2.24) is 0 Å². The highest BCUT2D eigenvalue weighted by Gasteiger charge is 2.06. The summed E-state index contributed by atoms with van der Waals surface area (Å²) in [4.78, 5) is 10.7. The van der Waals surface area contributed by atoms with Crippen molar-refractivity contribution >= 4 is 5.97 Å². The first-order chi connectivity index (χ1) is 4.68. The lowest BCUT2D eigenvalue weighted by Gasteiger charge is -2.03. The monoisotopic (exact) mass is 141 g/mol. The molecule has 0 saturated heterocycles. The topological polar surface area (TPSA) is 50.1 Å². The molecule has 3 heteroatoms. The molecule has 0 saturated carbocycles. The van der Waals surface area contributed by atoms with Crippen molar-refractivity contribution in [2.75, 3.05) is 6.61 Å². The molecule has 0 radical (unpaired) electrons. The van der Waals surface area contributed by atoms with Crippen LogP contribution in [0.5, 0.6) is 0 Å². The molecule has 0 atom stereocenters.